The topological polar surface area (TPSA) is 67.5 Å². The van der Waals surface area contributed by atoms with E-state index in [1.54, 1.807) is 19.2 Å². The summed E-state index contributed by atoms with van der Waals surface area (Å²) in [5, 5.41) is 3.33. The molecule has 1 aliphatic heterocycles. The second kappa shape index (κ2) is 10.4. The van der Waals surface area contributed by atoms with Crippen LogP contribution in [0.15, 0.2) is 24.3 Å². The third-order valence-electron chi connectivity index (χ3n) is 4.58. The largest absolute Gasteiger partial charge is 0.488 e. The molecule has 1 unspecified atom stereocenters. The van der Waals surface area contributed by atoms with E-state index in [9.17, 15) is 9.59 Å². The lowest BCUT2D eigenvalue weighted by atomic mass is 10.3. The van der Waals surface area contributed by atoms with Gasteiger partial charge in [0.25, 0.3) is 11.8 Å². The minimum Gasteiger partial charge on any atom is -0.488 e. The quantitative estimate of drug-likeness (QED) is 0.472. The summed E-state index contributed by atoms with van der Waals surface area (Å²) in [7, 11) is 3.65. The maximum atomic E-state index is 12.4. The first-order chi connectivity index (χ1) is 12.5. The minimum absolute atomic E-state index is 0.0460. The number of amides is 2. The first-order valence-corrected chi connectivity index (χ1v) is 9.37. The molecule has 0 spiro atoms. The average molecular weight is 385 g/mol. The Hall–Kier alpha value is -1.83. The zero-order valence-corrected chi connectivity index (χ0v) is 16.3. The Balaban J connectivity index is 1.64. The van der Waals surface area contributed by atoms with Gasteiger partial charge in [0.1, 0.15) is 18.9 Å². The fourth-order valence-corrected chi connectivity index (χ4v) is 3.02. The van der Waals surface area contributed by atoms with Crippen LogP contribution in [0, 0.1) is 0 Å². The summed E-state index contributed by atoms with van der Waals surface area (Å²) >= 11 is 5.85. The van der Waals surface area contributed by atoms with Crippen LogP contribution >= 0.6 is 11.6 Å². The lowest BCUT2D eigenvalue weighted by Crippen LogP contribution is -3.16. The zero-order chi connectivity index (χ0) is 18.9. The summed E-state index contributed by atoms with van der Waals surface area (Å²) in [6.45, 7) is 5.27. The van der Waals surface area contributed by atoms with Crippen molar-refractivity contribution in [3.05, 3.63) is 29.3 Å². The van der Waals surface area contributed by atoms with Crippen molar-refractivity contribution in [3.63, 3.8) is 0 Å². The standard InChI is InChI=1S/C18H27ClN4O3/c1-20-17(24)13-22-7-9-23(10-8-22)18(25)14-21(2)11-12-26-16-5-3-15(19)4-6-16/h3-6H,7-14H2,1-2H3,(H,20,24)/p+2. The molecule has 26 heavy (non-hydrogen) atoms. The Morgan fingerprint density at radius 2 is 1.92 bits per heavy atom. The molecule has 1 fully saturated rings. The van der Waals surface area contributed by atoms with Gasteiger partial charge in [-0.3, -0.25) is 9.59 Å². The number of hydrogen-bond donors (Lipinski definition) is 3. The van der Waals surface area contributed by atoms with Gasteiger partial charge >= 0.3 is 0 Å². The number of halogens is 1. The number of carbonyl (C=O) groups is 2. The normalized spacial score (nSPS) is 16.2. The summed E-state index contributed by atoms with van der Waals surface area (Å²) in [5.41, 5.74) is 0. The minimum atomic E-state index is 0.0460. The van der Waals surface area contributed by atoms with Crippen LogP contribution in [0.3, 0.4) is 0 Å². The number of rotatable bonds is 8. The number of piperazine rings is 1. The van der Waals surface area contributed by atoms with E-state index in [1.807, 2.05) is 24.1 Å². The van der Waals surface area contributed by atoms with Crippen molar-refractivity contribution >= 4 is 23.4 Å². The summed E-state index contributed by atoms with van der Waals surface area (Å²) in [6, 6.07) is 7.26. The Labute approximate surface area is 159 Å². The second-order valence-electron chi connectivity index (χ2n) is 6.67. The van der Waals surface area contributed by atoms with E-state index in [-0.39, 0.29) is 11.8 Å². The molecule has 0 bridgehead atoms. The molecule has 1 atom stereocenters. The SMILES string of the molecule is CNC(=O)C[NH+]1CCN(C(=O)C[NH+](C)CCOc2ccc(Cl)cc2)CC1. The Kier molecular flexibility index (Phi) is 8.15. The molecule has 0 radical (unpaired) electrons. The lowest BCUT2D eigenvalue weighted by Gasteiger charge is -2.32. The number of ether oxygens (including phenoxy) is 1. The van der Waals surface area contributed by atoms with Gasteiger partial charge in [-0.1, -0.05) is 11.6 Å². The summed E-state index contributed by atoms with van der Waals surface area (Å²) in [6.07, 6.45) is 0. The van der Waals surface area contributed by atoms with Crippen LogP contribution in [-0.2, 0) is 9.59 Å². The highest BCUT2D eigenvalue weighted by molar-refractivity contribution is 6.30. The zero-order valence-electron chi connectivity index (χ0n) is 15.5. The smallest absolute Gasteiger partial charge is 0.278 e. The highest BCUT2D eigenvalue weighted by atomic mass is 35.5. The van der Waals surface area contributed by atoms with Crippen LogP contribution in [0.25, 0.3) is 0 Å². The molecule has 8 heteroatoms. The highest BCUT2D eigenvalue weighted by Crippen LogP contribution is 2.14. The molecular weight excluding hydrogens is 356 g/mol. The van der Waals surface area contributed by atoms with Crippen molar-refractivity contribution in [3.8, 4) is 5.75 Å². The van der Waals surface area contributed by atoms with Gasteiger partial charge in [0, 0.05) is 12.1 Å². The summed E-state index contributed by atoms with van der Waals surface area (Å²) in [5.74, 6) is 0.987. The van der Waals surface area contributed by atoms with Crippen molar-refractivity contribution in [2.75, 3.05) is 66.5 Å². The van der Waals surface area contributed by atoms with Crippen LogP contribution < -0.4 is 19.9 Å². The van der Waals surface area contributed by atoms with Gasteiger partial charge in [-0.2, -0.15) is 0 Å². The van der Waals surface area contributed by atoms with Crippen molar-refractivity contribution in [1.29, 1.82) is 0 Å². The van der Waals surface area contributed by atoms with Crippen LogP contribution in [0.2, 0.25) is 5.02 Å². The Morgan fingerprint density at radius 3 is 2.54 bits per heavy atom. The lowest BCUT2D eigenvalue weighted by molar-refractivity contribution is -0.896. The third kappa shape index (κ3) is 6.82. The maximum Gasteiger partial charge on any atom is 0.278 e. The van der Waals surface area contributed by atoms with E-state index in [4.69, 9.17) is 16.3 Å². The van der Waals surface area contributed by atoms with E-state index in [0.29, 0.717) is 37.8 Å². The van der Waals surface area contributed by atoms with E-state index in [2.05, 4.69) is 5.32 Å². The summed E-state index contributed by atoms with van der Waals surface area (Å²) in [4.78, 5) is 28.1. The first kappa shape index (κ1) is 20.5. The fourth-order valence-electron chi connectivity index (χ4n) is 2.90. The number of carbonyl (C=O) groups excluding carboxylic acids is 2. The molecule has 0 saturated carbocycles. The number of quaternary nitrogens is 2. The Bertz CT molecular complexity index is 589. The highest BCUT2D eigenvalue weighted by Gasteiger charge is 2.26. The van der Waals surface area contributed by atoms with Crippen LogP contribution in [-0.4, -0.2) is 83.2 Å². The molecule has 1 aliphatic rings. The van der Waals surface area contributed by atoms with Crippen LogP contribution in [0.1, 0.15) is 0 Å². The second-order valence-corrected chi connectivity index (χ2v) is 7.10. The fraction of sp³-hybridized carbons (Fsp3) is 0.556. The number of nitrogens with zero attached hydrogens (tertiary/aromatic N) is 1. The van der Waals surface area contributed by atoms with Gasteiger partial charge in [0.2, 0.25) is 0 Å². The van der Waals surface area contributed by atoms with Gasteiger partial charge in [-0.25, -0.2) is 0 Å². The van der Waals surface area contributed by atoms with E-state index >= 15 is 0 Å². The molecule has 0 aliphatic carbocycles. The maximum absolute atomic E-state index is 12.4. The van der Waals surface area contributed by atoms with Gasteiger partial charge in [-0.05, 0) is 24.3 Å². The number of benzene rings is 1. The number of hydrogen-bond acceptors (Lipinski definition) is 3. The predicted octanol–water partition coefficient (Wildman–Crippen LogP) is -2.29. The molecule has 144 valence electrons. The average Bonchev–Trinajstić information content (AvgIpc) is 2.63. The van der Waals surface area contributed by atoms with E-state index < -0.39 is 0 Å². The molecule has 1 aromatic carbocycles. The van der Waals surface area contributed by atoms with Gasteiger partial charge in [0.05, 0.1) is 33.2 Å². The molecular formula is C18H29ClN4O3+2. The molecule has 1 heterocycles. The van der Waals surface area contributed by atoms with Crippen molar-refractivity contribution in [1.82, 2.24) is 10.2 Å². The van der Waals surface area contributed by atoms with Crippen LogP contribution in [0.4, 0.5) is 0 Å². The van der Waals surface area contributed by atoms with Crippen LogP contribution in [0.5, 0.6) is 5.75 Å². The summed E-state index contributed by atoms with van der Waals surface area (Å²) < 4.78 is 5.67. The molecule has 7 nitrogen and oxygen atoms in total. The number of likely N-dealkylation sites (N-methyl/N-ethyl adjacent to an activating group) is 2. The van der Waals surface area contributed by atoms with E-state index in [0.717, 1.165) is 30.3 Å². The van der Waals surface area contributed by atoms with Crippen molar-refractivity contribution in [2.45, 2.75) is 0 Å². The predicted molar refractivity (Wildman–Crippen MR) is 99.8 cm³/mol. The van der Waals surface area contributed by atoms with Crippen molar-refractivity contribution in [2.24, 2.45) is 0 Å². The number of nitrogens with one attached hydrogen (secondary N) is 3. The van der Waals surface area contributed by atoms with Gasteiger partial charge in [0.15, 0.2) is 13.1 Å². The molecule has 1 saturated heterocycles. The van der Waals surface area contributed by atoms with E-state index in [1.165, 1.54) is 4.90 Å². The monoisotopic (exact) mass is 384 g/mol. The molecule has 1 aromatic rings. The third-order valence-corrected chi connectivity index (χ3v) is 4.83. The van der Waals surface area contributed by atoms with Gasteiger partial charge < -0.3 is 24.8 Å². The molecule has 2 rings (SSSR count). The molecule has 0 aromatic heterocycles. The first-order valence-electron chi connectivity index (χ1n) is 8.99. The molecule has 2 amide bonds. The Morgan fingerprint density at radius 1 is 1.27 bits per heavy atom. The van der Waals surface area contributed by atoms with Crippen molar-refractivity contribution < 1.29 is 24.1 Å². The van der Waals surface area contributed by atoms with Gasteiger partial charge in [-0.15, -0.1) is 0 Å². The molecule has 3 N–H and O–H groups in total.